The summed E-state index contributed by atoms with van der Waals surface area (Å²) in [5, 5.41) is 15.1. The van der Waals surface area contributed by atoms with Crippen molar-refractivity contribution in [2.75, 3.05) is 26.2 Å². The van der Waals surface area contributed by atoms with Crippen molar-refractivity contribution in [1.82, 2.24) is 19.6 Å². The van der Waals surface area contributed by atoms with Gasteiger partial charge in [-0.15, -0.1) is 0 Å². The minimum atomic E-state index is -0.561. The molecule has 1 saturated heterocycles. The quantitative estimate of drug-likeness (QED) is 0.622. The summed E-state index contributed by atoms with van der Waals surface area (Å²) < 4.78 is 1.30. The fraction of sp³-hybridized carbons (Fsp3) is 0.412. The Bertz CT molecular complexity index is 793. The van der Waals surface area contributed by atoms with Crippen LogP contribution in [0.1, 0.15) is 21.6 Å². The van der Waals surface area contributed by atoms with E-state index in [1.807, 2.05) is 6.07 Å². The van der Waals surface area contributed by atoms with Gasteiger partial charge in [0.15, 0.2) is 0 Å². The Morgan fingerprint density at radius 1 is 1.28 bits per heavy atom. The molecule has 2 heterocycles. The lowest BCUT2D eigenvalue weighted by atomic mass is 10.1. The lowest BCUT2D eigenvalue weighted by molar-refractivity contribution is -0.385. The molecule has 1 aliphatic rings. The summed E-state index contributed by atoms with van der Waals surface area (Å²) in [7, 11) is 1.57. The van der Waals surface area contributed by atoms with Gasteiger partial charge in [0.25, 0.3) is 5.91 Å². The van der Waals surface area contributed by atoms with Gasteiger partial charge in [0.1, 0.15) is 6.20 Å². The van der Waals surface area contributed by atoms with E-state index in [1.54, 1.807) is 11.9 Å². The number of benzene rings is 1. The van der Waals surface area contributed by atoms with E-state index in [0.717, 1.165) is 19.6 Å². The second-order valence-electron chi connectivity index (χ2n) is 6.35. The standard InChI is InChI=1S/C17H21N5O3/c1-13-4-3-5-14(10-13)11-20-6-8-21(9-7-20)17(23)16-15(22(24)25)12-19(2)18-16/h3-5,10,12H,6-9,11H2,1-2H3. The van der Waals surface area contributed by atoms with Crippen LogP contribution >= 0.6 is 0 Å². The van der Waals surface area contributed by atoms with Crippen molar-refractivity contribution in [2.45, 2.75) is 13.5 Å². The number of hydrogen-bond donors (Lipinski definition) is 0. The third-order valence-electron chi connectivity index (χ3n) is 4.36. The molecule has 0 spiro atoms. The summed E-state index contributed by atoms with van der Waals surface area (Å²) in [5.41, 5.74) is 2.16. The number of aromatic nitrogens is 2. The Labute approximate surface area is 145 Å². The van der Waals surface area contributed by atoms with Crippen LogP contribution in [0.5, 0.6) is 0 Å². The van der Waals surface area contributed by atoms with Gasteiger partial charge in [-0.25, -0.2) is 0 Å². The summed E-state index contributed by atoms with van der Waals surface area (Å²) in [6, 6.07) is 8.38. The Hall–Kier alpha value is -2.74. The maximum absolute atomic E-state index is 12.6. The molecule has 132 valence electrons. The predicted octanol–water partition coefficient (Wildman–Crippen LogP) is 1.59. The zero-order valence-corrected chi connectivity index (χ0v) is 14.4. The van der Waals surface area contributed by atoms with Gasteiger partial charge in [-0.05, 0) is 12.5 Å². The van der Waals surface area contributed by atoms with Crippen LogP contribution in [0.15, 0.2) is 30.5 Å². The highest BCUT2D eigenvalue weighted by molar-refractivity contribution is 5.96. The van der Waals surface area contributed by atoms with Crippen LogP contribution in [0.2, 0.25) is 0 Å². The lowest BCUT2D eigenvalue weighted by Gasteiger charge is -2.34. The maximum Gasteiger partial charge on any atom is 0.320 e. The second kappa shape index (κ2) is 7.02. The molecule has 0 aliphatic carbocycles. The van der Waals surface area contributed by atoms with Gasteiger partial charge in [-0.3, -0.25) is 24.5 Å². The average molecular weight is 343 g/mol. The van der Waals surface area contributed by atoms with Crippen molar-refractivity contribution >= 4 is 11.6 Å². The number of piperazine rings is 1. The largest absolute Gasteiger partial charge is 0.334 e. The lowest BCUT2D eigenvalue weighted by Crippen LogP contribution is -2.48. The molecule has 1 aromatic carbocycles. The Morgan fingerprint density at radius 2 is 2.00 bits per heavy atom. The second-order valence-corrected chi connectivity index (χ2v) is 6.35. The van der Waals surface area contributed by atoms with E-state index in [-0.39, 0.29) is 17.3 Å². The molecule has 0 bridgehead atoms. The number of hydrogen-bond acceptors (Lipinski definition) is 5. The SMILES string of the molecule is Cc1cccc(CN2CCN(C(=O)c3nn(C)cc3[N+](=O)[O-])CC2)c1. The fourth-order valence-electron chi connectivity index (χ4n) is 3.09. The molecule has 0 saturated carbocycles. The smallest absolute Gasteiger partial charge is 0.320 e. The third kappa shape index (κ3) is 3.85. The number of nitro groups is 1. The highest BCUT2D eigenvalue weighted by Crippen LogP contribution is 2.19. The molecule has 1 aliphatic heterocycles. The number of aryl methyl sites for hydroxylation is 2. The first-order chi connectivity index (χ1) is 11.9. The van der Waals surface area contributed by atoms with Gasteiger partial charge in [0.2, 0.25) is 5.69 Å². The Kier molecular flexibility index (Phi) is 4.80. The molecule has 25 heavy (non-hydrogen) atoms. The van der Waals surface area contributed by atoms with E-state index in [1.165, 1.54) is 22.0 Å². The molecule has 1 aromatic heterocycles. The van der Waals surface area contributed by atoms with Gasteiger partial charge < -0.3 is 4.90 Å². The van der Waals surface area contributed by atoms with Crippen molar-refractivity contribution in [3.63, 3.8) is 0 Å². The number of nitrogens with zero attached hydrogens (tertiary/aromatic N) is 5. The molecular weight excluding hydrogens is 322 g/mol. The monoisotopic (exact) mass is 343 g/mol. The molecule has 8 nitrogen and oxygen atoms in total. The summed E-state index contributed by atoms with van der Waals surface area (Å²) in [5.74, 6) is -0.373. The fourth-order valence-corrected chi connectivity index (χ4v) is 3.09. The molecule has 0 radical (unpaired) electrons. The van der Waals surface area contributed by atoms with Gasteiger partial charge in [0, 0.05) is 39.8 Å². The van der Waals surface area contributed by atoms with Crippen LogP contribution in [-0.4, -0.2) is 56.6 Å². The molecule has 8 heteroatoms. The first-order valence-electron chi connectivity index (χ1n) is 8.19. The van der Waals surface area contributed by atoms with E-state index in [4.69, 9.17) is 0 Å². The molecule has 0 atom stereocenters. The molecule has 1 amide bonds. The maximum atomic E-state index is 12.6. The van der Waals surface area contributed by atoms with Gasteiger partial charge in [-0.2, -0.15) is 5.10 Å². The number of rotatable bonds is 4. The van der Waals surface area contributed by atoms with Gasteiger partial charge in [-0.1, -0.05) is 29.8 Å². The van der Waals surface area contributed by atoms with Crippen LogP contribution in [0.3, 0.4) is 0 Å². The Balaban J connectivity index is 1.62. The molecular formula is C17H21N5O3. The first-order valence-corrected chi connectivity index (χ1v) is 8.19. The van der Waals surface area contributed by atoms with Crippen molar-refractivity contribution in [2.24, 2.45) is 7.05 Å². The van der Waals surface area contributed by atoms with Crippen molar-refractivity contribution in [3.05, 3.63) is 57.4 Å². The molecule has 1 fully saturated rings. The van der Waals surface area contributed by atoms with Crippen LogP contribution in [0.25, 0.3) is 0 Å². The van der Waals surface area contributed by atoms with E-state index in [9.17, 15) is 14.9 Å². The summed E-state index contributed by atoms with van der Waals surface area (Å²) in [6.45, 7) is 5.46. The van der Waals surface area contributed by atoms with E-state index in [0.29, 0.717) is 13.1 Å². The van der Waals surface area contributed by atoms with Crippen LogP contribution in [-0.2, 0) is 13.6 Å². The highest BCUT2D eigenvalue weighted by Gasteiger charge is 2.30. The van der Waals surface area contributed by atoms with E-state index in [2.05, 4.69) is 35.1 Å². The molecule has 3 rings (SSSR count). The van der Waals surface area contributed by atoms with Gasteiger partial charge in [0.05, 0.1) is 4.92 Å². The molecule has 0 unspecified atom stereocenters. The highest BCUT2D eigenvalue weighted by atomic mass is 16.6. The number of amides is 1. The Morgan fingerprint density at radius 3 is 2.64 bits per heavy atom. The van der Waals surface area contributed by atoms with Gasteiger partial charge >= 0.3 is 5.69 Å². The summed E-state index contributed by atoms with van der Waals surface area (Å²) >= 11 is 0. The van der Waals surface area contributed by atoms with Crippen LogP contribution < -0.4 is 0 Å². The summed E-state index contributed by atoms with van der Waals surface area (Å²) in [4.78, 5) is 27.0. The predicted molar refractivity (Wildman–Crippen MR) is 92.2 cm³/mol. The van der Waals surface area contributed by atoms with Crippen molar-refractivity contribution in [3.8, 4) is 0 Å². The molecule has 0 N–H and O–H groups in total. The van der Waals surface area contributed by atoms with Crippen LogP contribution in [0.4, 0.5) is 5.69 Å². The van der Waals surface area contributed by atoms with Crippen molar-refractivity contribution in [1.29, 1.82) is 0 Å². The topological polar surface area (TPSA) is 84.5 Å². The number of carbonyl (C=O) groups excluding carboxylic acids is 1. The van der Waals surface area contributed by atoms with E-state index < -0.39 is 4.92 Å². The third-order valence-corrected chi connectivity index (χ3v) is 4.36. The summed E-state index contributed by atoms with van der Waals surface area (Å²) in [6.07, 6.45) is 1.27. The minimum absolute atomic E-state index is 0.0837. The first kappa shape index (κ1) is 17.1. The molecule has 2 aromatic rings. The zero-order valence-electron chi connectivity index (χ0n) is 14.4. The van der Waals surface area contributed by atoms with E-state index >= 15 is 0 Å². The average Bonchev–Trinajstić information content (AvgIpc) is 2.97. The van der Waals surface area contributed by atoms with Crippen molar-refractivity contribution < 1.29 is 9.72 Å². The normalized spacial score (nSPS) is 15.4. The zero-order chi connectivity index (χ0) is 18.0. The number of carbonyl (C=O) groups is 1. The minimum Gasteiger partial charge on any atom is -0.334 e. The van der Waals surface area contributed by atoms with Crippen LogP contribution in [0, 0.1) is 17.0 Å².